The molecule has 0 fully saturated rings. The van der Waals surface area contributed by atoms with Crippen LogP contribution in [0, 0.1) is 17.2 Å². The van der Waals surface area contributed by atoms with Crippen molar-refractivity contribution < 1.29 is 9.18 Å². The van der Waals surface area contributed by atoms with Gasteiger partial charge in [0.1, 0.15) is 5.82 Å². The molecule has 2 aromatic carbocycles. The first-order valence-corrected chi connectivity index (χ1v) is 13.1. The third-order valence-electron chi connectivity index (χ3n) is 7.68. The molecular formula is C31H36FN3O. The van der Waals surface area contributed by atoms with Crippen molar-refractivity contribution >= 4 is 5.91 Å². The first-order chi connectivity index (χ1) is 17.2. The van der Waals surface area contributed by atoms with E-state index in [9.17, 15) is 9.18 Å². The van der Waals surface area contributed by atoms with E-state index < -0.39 is 0 Å². The third-order valence-corrected chi connectivity index (χ3v) is 7.68. The molecular weight excluding hydrogens is 449 g/mol. The predicted molar refractivity (Wildman–Crippen MR) is 141 cm³/mol. The lowest BCUT2D eigenvalue weighted by atomic mass is 9.77. The maximum atomic E-state index is 13.5. The Morgan fingerprint density at radius 1 is 1.14 bits per heavy atom. The first kappa shape index (κ1) is 24.5. The summed E-state index contributed by atoms with van der Waals surface area (Å²) in [5.41, 5.74) is 7.54. The molecule has 36 heavy (non-hydrogen) atoms. The second kappa shape index (κ2) is 9.68. The zero-order valence-corrected chi connectivity index (χ0v) is 21.7. The minimum atomic E-state index is -0.237. The molecule has 1 aromatic heterocycles. The molecule has 5 rings (SSSR count). The van der Waals surface area contributed by atoms with Crippen LogP contribution in [-0.4, -0.2) is 15.7 Å². The Labute approximate surface area is 213 Å². The second-order valence-corrected chi connectivity index (χ2v) is 11.6. The molecule has 4 nitrogen and oxygen atoms in total. The second-order valence-electron chi connectivity index (χ2n) is 11.6. The minimum absolute atomic E-state index is 0.00608. The van der Waals surface area contributed by atoms with Crippen molar-refractivity contribution in [3.8, 4) is 5.69 Å². The van der Waals surface area contributed by atoms with E-state index in [0.29, 0.717) is 12.3 Å². The minimum Gasteiger partial charge on any atom is -0.349 e. The number of benzene rings is 2. The number of fused-ring (bicyclic) bond motifs is 1. The fourth-order valence-electron chi connectivity index (χ4n) is 6.11. The van der Waals surface area contributed by atoms with Gasteiger partial charge in [0.05, 0.1) is 23.6 Å². The van der Waals surface area contributed by atoms with E-state index in [1.807, 2.05) is 16.9 Å². The van der Waals surface area contributed by atoms with E-state index in [0.717, 1.165) is 31.4 Å². The van der Waals surface area contributed by atoms with Gasteiger partial charge in [-0.25, -0.2) is 9.07 Å². The van der Waals surface area contributed by atoms with E-state index >= 15 is 0 Å². The molecule has 1 N–H and O–H groups in total. The number of nitrogens with zero attached hydrogens (tertiary/aromatic N) is 2. The number of nitrogens with one attached hydrogen (secondary N) is 1. The monoisotopic (exact) mass is 485 g/mol. The zero-order chi connectivity index (χ0) is 25.4. The average molecular weight is 486 g/mol. The van der Waals surface area contributed by atoms with Gasteiger partial charge >= 0.3 is 0 Å². The number of amides is 1. The van der Waals surface area contributed by atoms with Gasteiger partial charge < -0.3 is 5.32 Å². The van der Waals surface area contributed by atoms with Crippen molar-refractivity contribution in [3.63, 3.8) is 0 Å². The smallest absolute Gasteiger partial charge is 0.221 e. The number of hydrogen-bond acceptors (Lipinski definition) is 2. The lowest BCUT2D eigenvalue weighted by Crippen LogP contribution is -2.32. The summed E-state index contributed by atoms with van der Waals surface area (Å²) >= 11 is 0. The molecule has 2 aliphatic rings. The summed E-state index contributed by atoms with van der Waals surface area (Å²) < 4.78 is 15.4. The van der Waals surface area contributed by atoms with E-state index in [4.69, 9.17) is 5.10 Å². The van der Waals surface area contributed by atoms with Crippen molar-refractivity contribution in [1.82, 2.24) is 15.1 Å². The van der Waals surface area contributed by atoms with E-state index in [-0.39, 0.29) is 29.1 Å². The number of halogens is 1. The standard InChI is InChI=1S/C31H36FN3O/c1-20-26-19-33-35(25-14-12-24(32)13-15-25)28(26)17-23-11-10-22(30(20)23)16-27(21-8-6-5-7-9-21)34-29(36)18-31(2,3)4/h5-9,12-15,19-20,22,27H,10-11,16-18H2,1-4H3,(H,34,36)/t20-,22+,27?/m0/s1. The molecule has 0 bridgehead atoms. The normalized spacial score (nSPS) is 20.1. The number of allylic oxidation sites excluding steroid dienone is 2. The van der Waals surface area contributed by atoms with Crippen LogP contribution < -0.4 is 5.32 Å². The Bertz CT molecular complexity index is 1270. The molecule has 3 aromatic rings. The molecule has 2 aliphatic carbocycles. The molecule has 0 spiro atoms. The van der Waals surface area contributed by atoms with Crippen LogP contribution in [0.5, 0.6) is 0 Å². The SMILES string of the molecule is C[C@@H]1C2=C(CC[C@@H]2CC(NC(=O)CC(C)(C)C)c2ccccc2)Cc2c1cnn2-c1ccc(F)cc1. The van der Waals surface area contributed by atoms with Crippen LogP contribution in [0.3, 0.4) is 0 Å². The summed E-state index contributed by atoms with van der Waals surface area (Å²) in [6.45, 7) is 8.60. The fourth-order valence-corrected chi connectivity index (χ4v) is 6.11. The van der Waals surface area contributed by atoms with Crippen LogP contribution in [-0.2, 0) is 11.2 Å². The molecule has 188 valence electrons. The highest BCUT2D eigenvalue weighted by Gasteiger charge is 2.37. The highest BCUT2D eigenvalue weighted by atomic mass is 19.1. The van der Waals surface area contributed by atoms with Gasteiger partial charge in [0.25, 0.3) is 0 Å². The molecule has 0 aliphatic heterocycles. The summed E-state index contributed by atoms with van der Waals surface area (Å²) in [6.07, 6.45) is 6.48. The molecule has 0 saturated heterocycles. The van der Waals surface area contributed by atoms with Crippen molar-refractivity contribution in [3.05, 3.63) is 94.6 Å². The summed E-state index contributed by atoms with van der Waals surface area (Å²) in [7, 11) is 0. The van der Waals surface area contributed by atoms with Gasteiger partial charge in [-0.05, 0) is 60.4 Å². The van der Waals surface area contributed by atoms with Gasteiger partial charge in [-0.3, -0.25) is 4.79 Å². The highest BCUT2D eigenvalue weighted by Crippen LogP contribution is 2.49. The molecule has 1 heterocycles. The summed E-state index contributed by atoms with van der Waals surface area (Å²) in [6, 6.07) is 16.9. The van der Waals surface area contributed by atoms with Gasteiger partial charge in [0.15, 0.2) is 0 Å². The Morgan fingerprint density at radius 2 is 1.86 bits per heavy atom. The van der Waals surface area contributed by atoms with Gasteiger partial charge in [-0.2, -0.15) is 5.10 Å². The van der Waals surface area contributed by atoms with E-state index in [1.54, 1.807) is 12.1 Å². The molecule has 5 heteroatoms. The van der Waals surface area contributed by atoms with Crippen molar-refractivity contribution in [2.45, 2.75) is 71.8 Å². The first-order valence-electron chi connectivity index (χ1n) is 13.1. The van der Waals surface area contributed by atoms with Gasteiger partial charge in [0, 0.05) is 24.3 Å². The Balaban J connectivity index is 1.39. The maximum Gasteiger partial charge on any atom is 0.221 e. The third kappa shape index (κ3) is 5.02. The fraction of sp³-hybridized carbons (Fsp3) is 0.419. The number of aromatic nitrogens is 2. The van der Waals surface area contributed by atoms with Crippen LogP contribution in [0.25, 0.3) is 5.69 Å². The largest absolute Gasteiger partial charge is 0.349 e. The number of rotatable bonds is 6. The predicted octanol–water partition coefficient (Wildman–Crippen LogP) is 7.06. The van der Waals surface area contributed by atoms with Crippen LogP contribution in [0.15, 0.2) is 71.9 Å². The Morgan fingerprint density at radius 3 is 2.56 bits per heavy atom. The lowest BCUT2D eigenvalue weighted by Gasteiger charge is -2.30. The lowest BCUT2D eigenvalue weighted by molar-refractivity contribution is -0.123. The van der Waals surface area contributed by atoms with Crippen LogP contribution in [0.2, 0.25) is 0 Å². The molecule has 0 saturated carbocycles. The van der Waals surface area contributed by atoms with Gasteiger partial charge in [-0.1, -0.05) is 69.2 Å². The highest BCUT2D eigenvalue weighted by molar-refractivity contribution is 5.77. The van der Waals surface area contributed by atoms with Crippen molar-refractivity contribution in [2.24, 2.45) is 11.3 Å². The maximum absolute atomic E-state index is 13.5. The summed E-state index contributed by atoms with van der Waals surface area (Å²) in [5, 5.41) is 8.06. The topological polar surface area (TPSA) is 46.9 Å². The quantitative estimate of drug-likeness (QED) is 0.380. The van der Waals surface area contributed by atoms with Crippen LogP contribution in [0.1, 0.15) is 82.2 Å². The number of carbonyl (C=O) groups is 1. The van der Waals surface area contributed by atoms with E-state index in [2.05, 4.69) is 57.3 Å². The number of carbonyl (C=O) groups excluding carboxylic acids is 1. The summed E-state index contributed by atoms with van der Waals surface area (Å²) in [5.74, 6) is 0.590. The van der Waals surface area contributed by atoms with E-state index in [1.165, 1.54) is 40.1 Å². The zero-order valence-electron chi connectivity index (χ0n) is 21.7. The van der Waals surface area contributed by atoms with Crippen LogP contribution in [0.4, 0.5) is 4.39 Å². The van der Waals surface area contributed by atoms with Crippen molar-refractivity contribution in [2.75, 3.05) is 0 Å². The van der Waals surface area contributed by atoms with Crippen molar-refractivity contribution in [1.29, 1.82) is 0 Å². The van der Waals surface area contributed by atoms with Crippen LogP contribution >= 0.6 is 0 Å². The number of hydrogen-bond donors (Lipinski definition) is 1. The molecule has 0 radical (unpaired) electrons. The average Bonchev–Trinajstić information content (AvgIpc) is 3.44. The van der Waals surface area contributed by atoms with Gasteiger partial charge in [0.2, 0.25) is 5.91 Å². The van der Waals surface area contributed by atoms with Gasteiger partial charge in [-0.15, -0.1) is 0 Å². The Kier molecular flexibility index (Phi) is 6.59. The molecule has 1 unspecified atom stereocenters. The Hall–Kier alpha value is -3.21. The molecule has 1 amide bonds. The molecule has 3 atom stereocenters. The summed E-state index contributed by atoms with van der Waals surface area (Å²) in [4.78, 5) is 12.9.